The van der Waals surface area contributed by atoms with Crippen molar-refractivity contribution in [2.24, 2.45) is 0 Å². The molecular weight excluding hydrogens is 332 g/mol. The predicted octanol–water partition coefficient (Wildman–Crippen LogP) is 4.08. The standard InChI is InChI=1S/C20H30N2O4/c1-12(2)25-15-9-17-16(19(10-15)26-13(3)4)11-18(20(23)24-8)22(17)14(5)21(6)7/h9-14H,1-8H3. The van der Waals surface area contributed by atoms with Crippen molar-refractivity contribution in [1.29, 1.82) is 0 Å². The Kier molecular flexibility index (Phi) is 6.18. The lowest BCUT2D eigenvalue weighted by molar-refractivity contribution is 0.0580. The first-order valence-corrected chi connectivity index (χ1v) is 8.92. The molecule has 1 aromatic carbocycles. The van der Waals surface area contributed by atoms with Gasteiger partial charge in [-0.25, -0.2) is 4.79 Å². The number of nitrogens with zero attached hydrogens (tertiary/aromatic N) is 2. The number of carbonyl (C=O) groups is 1. The quantitative estimate of drug-likeness (QED) is 0.695. The fourth-order valence-corrected chi connectivity index (χ4v) is 2.85. The van der Waals surface area contributed by atoms with Crippen LogP contribution in [0.3, 0.4) is 0 Å². The molecule has 6 nitrogen and oxygen atoms in total. The Labute approximate surface area is 155 Å². The van der Waals surface area contributed by atoms with E-state index in [4.69, 9.17) is 14.2 Å². The van der Waals surface area contributed by atoms with E-state index >= 15 is 0 Å². The first-order valence-electron chi connectivity index (χ1n) is 8.92. The number of ether oxygens (including phenoxy) is 3. The van der Waals surface area contributed by atoms with E-state index in [1.165, 1.54) is 7.11 Å². The van der Waals surface area contributed by atoms with Gasteiger partial charge >= 0.3 is 5.97 Å². The summed E-state index contributed by atoms with van der Waals surface area (Å²) >= 11 is 0. The van der Waals surface area contributed by atoms with Crippen LogP contribution in [0.15, 0.2) is 18.2 Å². The van der Waals surface area contributed by atoms with Gasteiger partial charge in [-0.2, -0.15) is 0 Å². The maximum absolute atomic E-state index is 12.4. The third-order valence-electron chi connectivity index (χ3n) is 4.14. The summed E-state index contributed by atoms with van der Waals surface area (Å²) in [7, 11) is 5.33. The van der Waals surface area contributed by atoms with Crippen LogP contribution in [0.1, 0.15) is 51.3 Å². The molecule has 0 aliphatic rings. The first-order chi connectivity index (χ1) is 12.1. The second-order valence-electron chi connectivity index (χ2n) is 7.17. The summed E-state index contributed by atoms with van der Waals surface area (Å²) < 4.78 is 18.9. The Morgan fingerprint density at radius 1 is 1.00 bits per heavy atom. The van der Waals surface area contributed by atoms with Gasteiger partial charge < -0.3 is 18.8 Å². The summed E-state index contributed by atoms with van der Waals surface area (Å²) in [5.74, 6) is 1.03. The molecule has 0 saturated heterocycles. The van der Waals surface area contributed by atoms with Gasteiger partial charge in [0.25, 0.3) is 0 Å². The Bertz CT molecular complexity index is 778. The number of benzene rings is 1. The zero-order valence-electron chi connectivity index (χ0n) is 17.0. The van der Waals surface area contributed by atoms with Crippen LogP contribution in [0.5, 0.6) is 11.5 Å². The Morgan fingerprint density at radius 3 is 2.12 bits per heavy atom. The monoisotopic (exact) mass is 362 g/mol. The van der Waals surface area contributed by atoms with Gasteiger partial charge in [0.2, 0.25) is 0 Å². The van der Waals surface area contributed by atoms with Crippen molar-refractivity contribution in [3.8, 4) is 11.5 Å². The molecule has 2 rings (SSSR count). The summed E-state index contributed by atoms with van der Waals surface area (Å²) in [5, 5.41) is 0.865. The highest BCUT2D eigenvalue weighted by Crippen LogP contribution is 2.37. The minimum absolute atomic E-state index is 0.00342. The molecule has 6 heteroatoms. The molecule has 1 heterocycles. The van der Waals surface area contributed by atoms with Crippen molar-refractivity contribution in [1.82, 2.24) is 9.47 Å². The van der Waals surface area contributed by atoms with Gasteiger partial charge in [0.1, 0.15) is 17.2 Å². The van der Waals surface area contributed by atoms with Crippen molar-refractivity contribution in [3.05, 3.63) is 23.9 Å². The first kappa shape index (κ1) is 20.1. The molecule has 0 aliphatic heterocycles. The lowest BCUT2D eigenvalue weighted by Gasteiger charge is -2.25. The highest BCUT2D eigenvalue weighted by atomic mass is 16.5. The normalized spacial score (nSPS) is 12.9. The number of hydrogen-bond donors (Lipinski definition) is 0. The second-order valence-corrected chi connectivity index (χ2v) is 7.17. The van der Waals surface area contributed by atoms with Crippen LogP contribution in [0, 0.1) is 0 Å². The van der Waals surface area contributed by atoms with Crippen LogP contribution in [0.25, 0.3) is 10.9 Å². The lowest BCUT2D eigenvalue weighted by atomic mass is 10.2. The average molecular weight is 362 g/mol. The van der Waals surface area contributed by atoms with Gasteiger partial charge in [-0.15, -0.1) is 0 Å². The molecule has 0 fully saturated rings. The highest BCUT2D eigenvalue weighted by Gasteiger charge is 2.24. The van der Waals surface area contributed by atoms with Crippen LogP contribution >= 0.6 is 0 Å². The van der Waals surface area contributed by atoms with Gasteiger partial charge in [0.15, 0.2) is 0 Å². The number of fused-ring (bicyclic) bond motifs is 1. The molecule has 0 spiro atoms. The van der Waals surface area contributed by atoms with Crippen molar-refractivity contribution >= 4 is 16.9 Å². The fraction of sp³-hybridized carbons (Fsp3) is 0.550. The number of rotatable bonds is 7. The third-order valence-corrected chi connectivity index (χ3v) is 4.14. The largest absolute Gasteiger partial charge is 0.491 e. The van der Waals surface area contributed by atoms with E-state index < -0.39 is 0 Å². The lowest BCUT2D eigenvalue weighted by Crippen LogP contribution is -2.25. The molecule has 1 aromatic heterocycles. The molecule has 0 radical (unpaired) electrons. The zero-order chi connectivity index (χ0) is 19.6. The van der Waals surface area contributed by atoms with Crippen LogP contribution in [0.2, 0.25) is 0 Å². The number of carbonyl (C=O) groups excluding carboxylic acids is 1. The molecule has 2 aromatic rings. The van der Waals surface area contributed by atoms with Crippen LogP contribution in [0.4, 0.5) is 0 Å². The van der Waals surface area contributed by atoms with Crippen LogP contribution in [-0.2, 0) is 4.74 Å². The number of esters is 1. The van der Waals surface area contributed by atoms with Gasteiger partial charge in [-0.3, -0.25) is 4.90 Å². The van der Waals surface area contributed by atoms with E-state index in [1.54, 1.807) is 0 Å². The van der Waals surface area contributed by atoms with E-state index in [-0.39, 0.29) is 24.3 Å². The van der Waals surface area contributed by atoms with Crippen molar-refractivity contribution < 1.29 is 19.0 Å². The number of methoxy groups -OCH3 is 1. The van der Waals surface area contributed by atoms with E-state index in [2.05, 4.69) is 0 Å². The second kappa shape index (κ2) is 7.99. The van der Waals surface area contributed by atoms with E-state index in [0.29, 0.717) is 17.2 Å². The summed E-state index contributed by atoms with van der Waals surface area (Å²) in [6.45, 7) is 9.94. The van der Waals surface area contributed by atoms with Gasteiger partial charge in [0, 0.05) is 17.5 Å². The topological polar surface area (TPSA) is 52.9 Å². The minimum atomic E-state index is -0.378. The Morgan fingerprint density at radius 2 is 1.62 bits per heavy atom. The van der Waals surface area contributed by atoms with Crippen molar-refractivity contribution in [2.45, 2.75) is 53.0 Å². The summed E-state index contributed by atoms with van der Waals surface area (Å²) in [6.07, 6.45) is -0.0133. The third kappa shape index (κ3) is 4.12. The maximum Gasteiger partial charge on any atom is 0.354 e. The van der Waals surface area contributed by atoms with E-state index in [1.807, 2.05) is 76.4 Å². The van der Waals surface area contributed by atoms with E-state index in [9.17, 15) is 4.79 Å². The molecule has 0 bridgehead atoms. The van der Waals surface area contributed by atoms with Crippen LogP contribution in [-0.4, -0.2) is 48.8 Å². The molecule has 0 amide bonds. The fourth-order valence-electron chi connectivity index (χ4n) is 2.85. The Hall–Kier alpha value is -2.21. The van der Waals surface area contributed by atoms with E-state index in [0.717, 1.165) is 10.9 Å². The molecule has 1 unspecified atom stereocenters. The molecule has 0 aliphatic carbocycles. The van der Waals surface area contributed by atoms with Crippen molar-refractivity contribution in [3.63, 3.8) is 0 Å². The van der Waals surface area contributed by atoms with Crippen molar-refractivity contribution in [2.75, 3.05) is 21.2 Å². The minimum Gasteiger partial charge on any atom is -0.491 e. The number of hydrogen-bond acceptors (Lipinski definition) is 5. The van der Waals surface area contributed by atoms with Gasteiger partial charge in [-0.05, 0) is 54.8 Å². The smallest absolute Gasteiger partial charge is 0.354 e. The number of aromatic nitrogens is 1. The summed E-state index contributed by atoms with van der Waals surface area (Å²) in [6, 6.07) is 5.67. The molecular formula is C20H30N2O4. The molecule has 1 atom stereocenters. The zero-order valence-corrected chi connectivity index (χ0v) is 17.0. The average Bonchev–Trinajstić information content (AvgIpc) is 2.91. The van der Waals surface area contributed by atoms with Crippen LogP contribution < -0.4 is 9.47 Å². The van der Waals surface area contributed by atoms with Gasteiger partial charge in [-0.1, -0.05) is 0 Å². The van der Waals surface area contributed by atoms with Gasteiger partial charge in [0.05, 0.1) is 31.0 Å². The molecule has 0 saturated carbocycles. The summed E-state index contributed by atoms with van der Waals surface area (Å²) in [4.78, 5) is 14.4. The highest BCUT2D eigenvalue weighted by molar-refractivity contribution is 5.98. The molecule has 0 N–H and O–H groups in total. The summed E-state index contributed by atoms with van der Waals surface area (Å²) in [5.41, 5.74) is 1.36. The maximum atomic E-state index is 12.4. The molecule has 26 heavy (non-hydrogen) atoms. The Balaban J connectivity index is 2.80. The molecule has 144 valence electrons. The SMILES string of the molecule is COC(=O)c1cc2c(OC(C)C)cc(OC(C)C)cc2n1C(C)N(C)C. The predicted molar refractivity (Wildman–Crippen MR) is 103 cm³/mol.